The number of rotatable bonds is 3. The number of hydrogen-bond donors (Lipinski definition) is 1. The minimum Gasteiger partial charge on any atom is -0.381 e. The third-order valence-corrected chi connectivity index (χ3v) is 3.38. The number of nitrogens with one attached hydrogen (secondary N) is 1. The molecule has 0 spiro atoms. The van der Waals surface area contributed by atoms with Crippen LogP contribution in [-0.2, 0) is 0 Å². The van der Waals surface area contributed by atoms with Crippen molar-refractivity contribution < 1.29 is 0 Å². The van der Waals surface area contributed by atoms with Crippen LogP contribution in [0.15, 0.2) is 24.4 Å². The first kappa shape index (κ1) is 11.3. The lowest BCUT2D eigenvalue weighted by atomic mass is 10.1. The number of hydrogen-bond acceptors (Lipinski definition) is 3. The van der Waals surface area contributed by atoms with E-state index in [1.54, 1.807) is 0 Å². The first-order chi connectivity index (χ1) is 8.65. The highest BCUT2D eigenvalue weighted by Crippen LogP contribution is 2.33. The quantitative estimate of drug-likeness (QED) is 0.894. The largest absolute Gasteiger partial charge is 0.381 e. The zero-order chi connectivity index (χ0) is 12.7. The fourth-order valence-electron chi connectivity index (χ4n) is 2.26. The SMILES string of the molecule is Cc1ccc2c(NC3CC3)cnc(N(C)C)c2c1. The molecule has 1 N–H and O–H groups in total. The molecular formula is C15H19N3. The molecule has 3 heteroatoms. The van der Waals surface area contributed by atoms with Gasteiger partial charge in [-0.2, -0.15) is 0 Å². The Morgan fingerprint density at radius 3 is 2.67 bits per heavy atom. The predicted molar refractivity (Wildman–Crippen MR) is 77.5 cm³/mol. The minimum absolute atomic E-state index is 0.654. The van der Waals surface area contributed by atoms with Gasteiger partial charge in [0.15, 0.2) is 0 Å². The molecule has 1 heterocycles. The zero-order valence-electron chi connectivity index (χ0n) is 11.2. The van der Waals surface area contributed by atoms with Crippen LogP contribution in [0.3, 0.4) is 0 Å². The molecule has 0 unspecified atom stereocenters. The van der Waals surface area contributed by atoms with Crippen molar-refractivity contribution in [3.8, 4) is 0 Å². The lowest BCUT2D eigenvalue weighted by molar-refractivity contribution is 1.08. The summed E-state index contributed by atoms with van der Waals surface area (Å²) in [6.45, 7) is 2.12. The van der Waals surface area contributed by atoms with E-state index in [2.05, 4.69) is 40.3 Å². The van der Waals surface area contributed by atoms with Crippen molar-refractivity contribution in [1.29, 1.82) is 0 Å². The van der Waals surface area contributed by atoms with E-state index in [0.717, 1.165) is 11.5 Å². The van der Waals surface area contributed by atoms with E-state index in [9.17, 15) is 0 Å². The van der Waals surface area contributed by atoms with E-state index in [4.69, 9.17) is 0 Å². The Kier molecular flexibility index (Phi) is 2.62. The van der Waals surface area contributed by atoms with Crippen molar-refractivity contribution in [3.05, 3.63) is 30.0 Å². The number of nitrogens with zero attached hydrogens (tertiary/aromatic N) is 2. The van der Waals surface area contributed by atoms with Crippen LogP contribution in [0.5, 0.6) is 0 Å². The summed E-state index contributed by atoms with van der Waals surface area (Å²) < 4.78 is 0. The Balaban J connectivity index is 2.18. The standard InChI is InChI=1S/C15H19N3/c1-10-4-7-12-13(8-10)15(18(2)3)16-9-14(12)17-11-5-6-11/h4,7-9,11,17H,5-6H2,1-3H3. The van der Waals surface area contributed by atoms with Gasteiger partial charge in [0.1, 0.15) is 5.82 Å². The first-order valence-corrected chi connectivity index (χ1v) is 6.48. The van der Waals surface area contributed by atoms with Gasteiger partial charge in [-0.15, -0.1) is 0 Å². The molecule has 0 amide bonds. The van der Waals surface area contributed by atoms with Crippen molar-refractivity contribution in [2.75, 3.05) is 24.3 Å². The Bertz CT molecular complexity index is 586. The van der Waals surface area contributed by atoms with Crippen LogP contribution in [0.4, 0.5) is 11.5 Å². The highest BCUT2D eigenvalue weighted by molar-refractivity contribution is 6.00. The summed E-state index contributed by atoms with van der Waals surface area (Å²) in [5.74, 6) is 1.04. The van der Waals surface area contributed by atoms with Crippen molar-refractivity contribution in [1.82, 2.24) is 4.98 Å². The Labute approximate surface area is 108 Å². The van der Waals surface area contributed by atoms with E-state index in [1.807, 2.05) is 20.3 Å². The van der Waals surface area contributed by atoms with Crippen LogP contribution in [0.2, 0.25) is 0 Å². The number of fused-ring (bicyclic) bond motifs is 1. The van der Waals surface area contributed by atoms with Gasteiger partial charge in [0.05, 0.1) is 11.9 Å². The summed E-state index contributed by atoms with van der Waals surface area (Å²) in [5, 5.41) is 6.06. The molecule has 0 radical (unpaired) electrons. The molecule has 1 saturated carbocycles. The van der Waals surface area contributed by atoms with Crippen LogP contribution in [0.1, 0.15) is 18.4 Å². The van der Waals surface area contributed by atoms with Gasteiger partial charge in [-0.25, -0.2) is 4.98 Å². The second kappa shape index (κ2) is 4.16. The lowest BCUT2D eigenvalue weighted by Crippen LogP contribution is -2.12. The van der Waals surface area contributed by atoms with Gasteiger partial charge in [-0.3, -0.25) is 0 Å². The topological polar surface area (TPSA) is 28.2 Å². The van der Waals surface area contributed by atoms with Crippen LogP contribution in [0, 0.1) is 6.92 Å². The molecule has 0 aliphatic heterocycles. The Morgan fingerprint density at radius 2 is 2.00 bits per heavy atom. The summed E-state index contributed by atoms with van der Waals surface area (Å²) in [7, 11) is 4.08. The summed E-state index contributed by atoms with van der Waals surface area (Å²) >= 11 is 0. The fourth-order valence-corrected chi connectivity index (χ4v) is 2.26. The molecule has 1 aromatic heterocycles. The molecule has 2 aromatic rings. The Hall–Kier alpha value is -1.77. The predicted octanol–water partition coefficient (Wildman–Crippen LogP) is 3.18. The number of aryl methyl sites for hydroxylation is 1. The van der Waals surface area contributed by atoms with Gasteiger partial charge in [-0.05, 0) is 25.8 Å². The van der Waals surface area contributed by atoms with Crippen molar-refractivity contribution in [2.24, 2.45) is 0 Å². The number of benzene rings is 1. The molecule has 0 atom stereocenters. The zero-order valence-corrected chi connectivity index (χ0v) is 11.2. The third-order valence-electron chi connectivity index (χ3n) is 3.38. The van der Waals surface area contributed by atoms with Crippen molar-refractivity contribution in [2.45, 2.75) is 25.8 Å². The van der Waals surface area contributed by atoms with Crippen LogP contribution >= 0.6 is 0 Å². The normalized spacial score (nSPS) is 14.8. The second-order valence-corrected chi connectivity index (χ2v) is 5.36. The summed E-state index contributed by atoms with van der Waals surface area (Å²) in [6, 6.07) is 7.24. The highest BCUT2D eigenvalue weighted by atomic mass is 15.1. The number of anilines is 2. The van der Waals surface area contributed by atoms with E-state index in [-0.39, 0.29) is 0 Å². The molecule has 1 aromatic carbocycles. The molecule has 1 aliphatic rings. The molecule has 1 aliphatic carbocycles. The molecule has 3 nitrogen and oxygen atoms in total. The molecule has 94 valence electrons. The van der Waals surface area contributed by atoms with Gasteiger partial charge in [0.2, 0.25) is 0 Å². The van der Waals surface area contributed by atoms with Crippen molar-refractivity contribution >= 4 is 22.3 Å². The summed E-state index contributed by atoms with van der Waals surface area (Å²) in [4.78, 5) is 6.66. The maximum absolute atomic E-state index is 4.59. The van der Waals surface area contributed by atoms with Crippen LogP contribution in [0.25, 0.3) is 10.8 Å². The van der Waals surface area contributed by atoms with Gasteiger partial charge in [0, 0.05) is 30.9 Å². The molecule has 18 heavy (non-hydrogen) atoms. The van der Waals surface area contributed by atoms with Gasteiger partial charge in [0.25, 0.3) is 0 Å². The summed E-state index contributed by atoms with van der Waals surface area (Å²) in [5.41, 5.74) is 2.44. The van der Waals surface area contributed by atoms with E-state index < -0.39 is 0 Å². The maximum Gasteiger partial charge on any atom is 0.136 e. The van der Waals surface area contributed by atoms with E-state index >= 15 is 0 Å². The maximum atomic E-state index is 4.59. The minimum atomic E-state index is 0.654. The Morgan fingerprint density at radius 1 is 1.22 bits per heavy atom. The average molecular weight is 241 g/mol. The molecule has 1 fully saturated rings. The first-order valence-electron chi connectivity index (χ1n) is 6.48. The van der Waals surface area contributed by atoms with E-state index in [0.29, 0.717) is 6.04 Å². The molecule has 0 bridgehead atoms. The molecular weight excluding hydrogens is 222 g/mol. The number of aromatic nitrogens is 1. The second-order valence-electron chi connectivity index (χ2n) is 5.36. The van der Waals surface area contributed by atoms with Crippen molar-refractivity contribution in [3.63, 3.8) is 0 Å². The highest BCUT2D eigenvalue weighted by Gasteiger charge is 2.22. The van der Waals surface area contributed by atoms with E-state index in [1.165, 1.54) is 29.2 Å². The third kappa shape index (κ3) is 2.01. The van der Waals surface area contributed by atoms with Gasteiger partial charge >= 0.3 is 0 Å². The average Bonchev–Trinajstić information content (AvgIpc) is 3.12. The molecule has 0 saturated heterocycles. The van der Waals surface area contributed by atoms with Crippen LogP contribution in [-0.4, -0.2) is 25.1 Å². The monoisotopic (exact) mass is 241 g/mol. The number of pyridine rings is 1. The van der Waals surface area contributed by atoms with Crippen LogP contribution < -0.4 is 10.2 Å². The van der Waals surface area contributed by atoms with Gasteiger partial charge < -0.3 is 10.2 Å². The molecule has 3 rings (SSSR count). The summed E-state index contributed by atoms with van der Waals surface area (Å²) in [6.07, 6.45) is 4.52. The lowest BCUT2D eigenvalue weighted by Gasteiger charge is -2.17. The smallest absolute Gasteiger partial charge is 0.136 e. The van der Waals surface area contributed by atoms with Gasteiger partial charge in [-0.1, -0.05) is 17.7 Å². The fraction of sp³-hybridized carbons (Fsp3) is 0.400.